The van der Waals surface area contributed by atoms with Gasteiger partial charge in [0.25, 0.3) is 5.91 Å². The van der Waals surface area contributed by atoms with Crippen molar-refractivity contribution in [2.24, 2.45) is 5.92 Å². The number of carbonyl (C=O) groups is 1. The molecule has 1 N–H and O–H groups in total. The number of benzene rings is 2. The van der Waals surface area contributed by atoms with Crippen molar-refractivity contribution in [2.75, 3.05) is 0 Å². The standard InChI is InChI=1S/C25H24N2O/c1-17-13-14-21-22(15-17)27-24(20-11-7-4-8-12-20)18(2)23(21)25(28)26-16-19-9-5-3-6-10-19/h3-14,17H,15-16H2,1-2H3,(H,26,28). The molecule has 28 heavy (non-hydrogen) atoms. The largest absolute Gasteiger partial charge is 0.348 e. The number of allylic oxidation sites excluding steroid dienone is 1. The topological polar surface area (TPSA) is 42.0 Å². The van der Waals surface area contributed by atoms with E-state index in [4.69, 9.17) is 4.98 Å². The van der Waals surface area contributed by atoms with Crippen molar-refractivity contribution in [1.82, 2.24) is 10.3 Å². The van der Waals surface area contributed by atoms with Gasteiger partial charge < -0.3 is 5.32 Å². The van der Waals surface area contributed by atoms with E-state index in [0.717, 1.165) is 45.6 Å². The van der Waals surface area contributed by atoms with Crippen LogP contribution in [0, 0.1) is 12.8 Å². The highest BCUT2D eigenvalue weighted by Gasteiger charge is 2.24. The zero-order valence-corrected chi connectivity index (χ0v) is 16.3. The molecule has 1 heterocycles. The number of aromatic nitrogens is 1. The van der Waals surface area contributed by atoms with Gasteiger partial charge in [0.15, 0.2) is 0 Å². The van der Waals surface area contributed by atoms with Gasteiger partial charge in [0, 0.05) is 23.4 Å². The second-order valence-electron chi connectivity index (χ2n) is 7.40. The Labute approximate surface area is 166 Å². The second kappa shape index (κ2) is 7.81. The van der Waals surface area contributed by atoms with Crippen LogP contribution in [0.15, 0.2) is 66.7 Å². The SMILES string of the molecule is Cc1c(-c2ccccc2)nc2c(c1C(=O)NCc1ccccc1)C=CC(C)C2. The van der Waals surface area contributed by atoms with Crippen molar-refractivity contribution in [2.45, 2.75) is 26.8 Å². The lowest BCUT2D eigenvalue weighted by Gasteiger charge is -2.22. The van der Waals surface area contributed by atoms with Crippen LogP contribution in [-0.4, -0.2) is 10.9 Å². The third-order valence-corrected chi connectivity index (χ3v) is 5.23. The van der Waals surface area contributed by atoms with E-state index < -0.39 is 0 Å². The molecule has 0 aliphatic heterocycles. The number of pyridine rings is 1. The summed E-state index contributed by atoms with van der Waals surface area (Å²) in [6.45, 7) is 4.69. The molecule has 4 rings (SSSR count). The first kappa shape index (κ1) is 18.2. The molecule has 3 nitrogen and oxygen atoms in total. The second-order valence-corrected chi connectivity index (χ2v) is 7.40. The maximum absolute atomic E-state index is 13.2. The van der Waals surface area contributed by atoms with Gasteiger partial charge in [0.1, 0.15) is 0 Å². The van der Waals surface area contributed by atoms with Gasteiger partial charge in [-0.3, -0.25) is 9.78 Å². The molecule has 0 radical (unpaired) electrons. The first-order valence-electron chi connectivity index (χ1n) is 9.72. The van der Waals surface area contributed by atoms with Crippen molar-refractivity contribution >= 4 is 12.0 Å². The molecule has 1 aliphatic carbocycles. The van der Waals surface area contributed by atoms with Crippen molar-refractivity contribution < 1.29 is 4.79 Å². The van der Waals surface area contributed by atoms with Crippen LogP contribution in [0.5, 0.6) is 0 Å². The Hall–Kier alpha value is -3.20. The summed E-state index contributed by atoms with van der Waals surface area (Å²) in [5.41, 5.74) is 6.65. The van der Waals surface area contributed by atoms with Crippen LogP contribution in [0.2, 0.25) is 0 Å². The minimum absolute atomic E-state index is 0.0450. The molecular formula is C25H24N2O. The van der Waals surface area contributed by atoms with Gasteiger partial charge >= 0.3 is 0 Å². The Bertz CT molecular complexity index is 1020. The van der Waals surface area contributed by atoms with Crippen molar-refractivity contribution in [1.29, 1.82) is 0 Å². The quantitative estimate of drug-likeness (QED) is 0.688. The molecular weight excluding hydrogens is 344 g/mol. The van der Waals surface area contributed by atoms with E-state index in [9.17, 15) is 4.79 Å². The molecule has 0 saturated carbocycles. The Morgan fingerprint density at radius 2 is 1.75 bits per heavy atom. The van der Waals surface area contributed by atoms with Crippen LogP contribution in [0.25, 0.3) is 17.3 Å². The summed E-state index contributed by atoms with van der Waals surface area (Å²) >= 11 is 0. The van der Waals surface area contributed by atoms with Crippen LogP contribution < -0.4 is 5.32 Å². The van der Waals surface area contributed by atoms with Crippen LogP contribution in [0.3, 0.4) is 0 Å². The number of nitrogens with one attached hydrogen (secondary N) is 1. The van der Waals surface area contributed by atoms with Gasteiger partial charge in [-0.05, 0) is 30.4 Å². The number of carbonyl (C=O) groups excluding carboxylic acids is 1. The van der Waals surface area contributed by atoms with E-state index >= 15 is 0 Å². The first-order chi connectivity index (χ1) is 13.6. The zero-order chi connectivity index (χ0) is 19.5. The fourth-order valence-corrected chi connectivity index (χ4v) is 3.75. The lowest BCUT2D eigenvalue weighted by Crippen LogP contribution is -2.26. The van der Waals surface area contributed by atoms with Gasteiger partial charge in [0.2, 0.25) is 0 Å². The highest BCUT2D eigenvalue weighted by atomic mass is 16.1. The summed E-state index contributed by atoms with van der Waals surface area (Å²) in [5.74, 6) is 0.378. The molecule has 2 aromatic carbocycles. The number of hydrogen-bond acceptors (Lipinski definition) is 2. The van der Waals surface area contributed by atoms with Crippen LogP contribution in [0.4, 0.5) is 0 Å². The number of nitrogens with zero attached hydrogens (tertiary/aromatic N) is 1. The molecule has 0 bridgehead atoms. The summed E-state index contributed by atoms with van der Waals surface area (Å²) in [4.78, 5) is 18.2. The molecule has 1 aromatic heterocycles. The molecule has 1 aliphatic rings. The Morgan fingerprint density at radius 3 is 2.46 bits per heavy atom. The molecule has 1 unspecified atom stereocenters. The maximum atomic E-state index is 13.2. The molecule has 0 spiro atoms. The van der Waals surface area contributed by atoms with Gasteiger partial charge in [-0.25, -0.2) is 0 Å². The van der Waals surface area contributed by atoms with E-state index in [-0.39, 0.29) is 5.91 Å². The Morgan fingerprint density at radius 1 is 1.07 bits per heavy atom. The van der Waals surface area contributed by atoms with E-state index in [0.29, 0.717) is 12.5 Å². The number of fused-ring (bicyclic) bond motifs is 1. The molecule has 0 saturated heterocycles. The highest BCUT2D eigenvalue weighted by Crippen LogP contribution is 2.32. The summed E-state index contributed by atoms with van der Waals surface area (Å²) < 4.78 is 0. The molecule has 3 heteroatoms. The molecule has 1 amide bonds. The molecule has 3 aromatic rings. The van der Waals surface area contributed by atoms with Gasteiger partial charge in [-0.1, -0.05) is 79.7 Å². The van der Waals surface area contributed by atoms with E-state index in [2.05, 4.69) is 36.5 Å². The Kier molecular flexibility index (Phi) is 5.07. The summed E-state index contributed by atoms with van der Waals surface area (Å²) in [6, 6.07) is 20.1. The lowest BCUT2D eigenvalue weighted by molar-refractivity contribution is 0.0950. The Balaban J connectivity index is 1.76. The first-order valence-corrected chi connectivity index (χ1v) is 9.72. The van der Waals surface area contributed by atoms with Crippen LogP contribution in [-0.2, 0) is 13.0 Å². The van der Waals surface area contributed by atoms with Gasteiger partial charge in [0.05, 0.1) is 11.3 Å². The minimum atomic E-state index is -0.0450. The van der Waals surface area contributed by atoms with Gasteiger partial charge in [-0.2, -0.15) is 0 Å². The van der Waals surface area contributed by atoms with Crippen LogP contribution >= 0.6 is 0 Å². The fraction of sp³-hybridized carbons (Fsp3) is 0.200. The number of amides is 1. The average Bonchev–Trinajstić information content (AvgIpc) is 2.73. The average molecular weight is 368 g/mol. The lowest BCUT2D eigenvalue weighted by atomic mass is 9.88. The number of rotatable bonds is 4. The van der Waals surface area contributed by atoms with Gasteiger partial charge in [-0.15, -0.1) is 0 Å². The van der Waals surface area contributed by atoms with Crippen molar-refractivity contribution in [3.63, 3.8) is 0 Å². The molecule has 1 atom stereocenters. The predicted molar refractivity (Wildman–Crippen MR) is 114 cm³/mol. The predicted octanol–water partition coefficient (Wildman–Crippen LogP) is 5.19. The highest BCUT2D eigenvalue weighted by molar-refractivity contribution is 6.01. The maximum Gasteiger partial charge on any atom is 0.252 e. The molecule has 140 valence electrons. The summed E-state index contributed by atoms with van der Waals surface area (Å²) in [6.07, 6.45) is 5.08. The van der Waals surface area contributed by atoms with Crippen molar-refractivity contribution in [3.8, 4) is 11.3 Å². The smallest absolute Gasteiger partial charge is 0.252 e. The van der Waals surface area contributed by atoms with E-state index in [1.807, 2.05) is 55.5 Å². The minimum Gasteiger partial charge on any atom is -0.348 e. The fourth-order valence-electron chi connectivity index (χ4n) is 3.75. The summed E-state index contributed by atoms with van der Waals surface area (Å²) in [5, 5.41) is 3.10. The van der Waals surface area contributed by atoms with Crippen LogP contribution in [0.1, 0.15) is 39.7 Å². The third kappa shape index (κ3) is 3.61. The van der Waals surface area contributed by atoms with E-state index in [1.54, 1.807) is 0 Å². The van der Waals surface area contributed by atoms with Crippen molar-refractivity contribution in [3.05, 3.63) is 94.7 Å². The molecule has 0 fully saturated rings. The number of hydrogen-bond donors (Lipinski definition) is 1. The zero-order valence-electron chi connectivity index (χ0n) is 16.3. The third-order valence-electron chi connectivity index (χ3n) is 5.23. The van der Waals surface area contributed by atoms with E-state index in [1.165, 1.54) is 0 Å². The monoisotopic (exact) mass is 368 g/mol. The normalized spacial score (nSPS) is 15.1. The summed E-state index contributed by atoms with van der Waals surface area (Å²) in [7, 11) is 0.